The molecule has 0 aliphatic heterocycles. The van der Waals surface area contributed by atoms with Crippen LogP contribution in [0.2, 0.25) is 0 Å². The molecule has 4 aromatic rings. The number of hydrogen-bond donors (Lipinski definition) is 3. The van der Waals surface area contributed by atoms with Gasteiger partial charge < -0.3 is 20.7 Å². The van der Waals surface area contributed by atoms with Crippen LogP contribution in [0.1, 0.15) is 17.3 Å². The molecule has 0 bridgehead atoms. The molecule has 4 rings (SSSR count). The zero-order valence-electron chi connectivity index (χ0n) is 18.9. The summed E-state index contributed by atoms with van der Waals surface area (Å²) in [5, 5.41) is 12.2. The number of fused-ring (bicyclic) bond motifs is 1. The first-order chi connectivity index (χ1) is 16.8. The van der Waals surface area contributed by atoms with E-state index in [9.17, 15) is 19.2 Å². The highest BCUT2D eigenvalue weighted by molar-refractivity contribution is 6.04. The lowest BCUT2D eigenvalue weighted by Gasteiger charge is -2.07. The van der Waals surface area contributed by atoms with E-state index in [0.717, 1.165) is 4.68 Å². The summed E-state index contributed by atoms with van der Waals surface area (Å²) in [7, 11) is 1.55. The Morgan fingerprint density at radius 2 is 1.63 bits per heavy atom. The number of anilines is 3. The van der Waals surface area contributed by atoms with Crippen molar-refractivity contribution in [2.24, 2.45) is 0 Å². The Morgan fingerprint density at radius 3 is 2.31 bits per heavy atom. The molecule has 2 aromatic heterocycles. The van der Waals surface area contributed by atoms with Crippen molar-refractivity contribution in [1.82, 2.24) is 14.2 Å². The van der Waals surface area contributed by atoms with E-state index in [-0.39, 0.29) is 23.7 Å². The van der Waals surface area contributed by atoms with Crippen molar-refractivity contribution in [3.63, 3.8) is 0 Å². The summed E-state index contributed by atoms with van der Waals surface area (Å²) >= 11 is 0. The molecule has 35 heavy (non-hydrogen) atoms. The first-order valence-electron chi connectivity index (χ1n) is 10.5. The fraction of sp³-hybridized carbons (Fsp3) is 0.125. The van der Waals surface area contributed by atoms with Crippen molar-refractivity contribution in [1.29, 1.82) is 0 Å². The van der Waals surface area contributed by atoms with E-state index in [2.05, 4.69) is 21.0 Å². The molecule has 2 aromatic carbocycles. The number of methoxy groups -OCH3 is 1. The molecule has 178 valence electrons. The Hall–Kier alpha value is -4.93. The van der Waals surface area contributed by atoms with Crippen LogP contribution in [0.25, 0.3) is 5.65 Å². The molecule has 0 unspecified atom stereocenters. The lowest BCUT2D eigenvalue weighted by Crippen LogP contribution is -2.28. The van der Waals surface area contributed by atoms with Gasteiger partial charge in [0.1, 0.15) is 12.3 Å². The van der Waals surface area contributed by atoms with Crippen LogP contribution in [0.4, 0.5) is 17.1 Å². The number of rotatable bonds is 7. The van der Waals surface area contributed by atoms with Crippen molar-refractivity contribution >= 4 is 40.4 Å². The molecule has 0 atom stereocenters. The predicted molar refractivity (Wildman–Crippen MR) is 130 cm³/mol. The van der Waals surface area contributed by atoms with E-state index in [4.69, 9.17) is 4.74 Å². The highest BCUT2D eigenvalue weighted by Crippen LogP contribution is 2.17. The molecule has 0 saturated heterocycles. The molecule has 0 saturated carbocycles. The van der Waals surface area contributed by atoms with E-state index < -0.39 is 17.5 Å². The van der Waals surface area contributed by atoms with Gasteiger partial charge in [0.25, 0.3) is 5.91 Å². The van der Waals surface area contributed by atoms with Crippen LogP contribution in [-0.4, -0.2) is 39.0 Å². The average molecular weight is 474 g/mol. The van der Waals surface area contributed by atoms with Crippen LogP contribution < -0.4 is 26.4 Å². The minimum atomic E-state index is -0.568. The second-order valence-corrected chi connectivity index (χ2v) is 7.58. The Bertz CT molecular complexity index is 1470. The summed E-state index contributed by atoms with van der Waals surface area (Å²) in [4.78, 5) is 49.1. The number of pyridine rings is 1. The summed E-state index contributed by atoms with van der Waals surface area (Å²) in [5.74, 6) is -0.462. The molecule has 0 aliphatic carbocycles. The normalized spacial score (nSPS) is 10.6. The molecule has 0 aliphatic rings. The van der Waals surface area contributed by atoms with Gasteiger partial charge in [-0.2, -0.15) is 0 Å². The van der Waals surface area contributed by atoms with E-state index in [0.29, 0.717) is 22.8 Å². The summed E-state index contributed by atoms with van der Waals surface area (Å²) in [6, 6.07) is 16.5. The number of carbonyl (C=O) groups is 3. The average Bonchev–Trinajstić information content (AvgIpc) is 3.13. The number of carbonyl (C=O) groups excluding carboxylic acids is 3. The monoisotopic (exact) mass is 474 g/mol. The number of benzene rings is 2. The number of aromatic nitrogens is 3. The van der Waals surface area contributed by atoms with Crippen LogP contribution in [0.5, 0.6) is 5.75 Å². The van der Waals surface area contributed by atoms with Gasteiger partial charge in [-0.1, -0.05) is 6.07 Å². The maximum atomic E-state index is 12.8. The van der Waals surface area contributed by atoms with E-state index in [1.54, 1.807) is 61.7 Å². The van der Waals surface area contributed by atoms with Crippen LogP contribution >= 0.6 is 0 Å². The first-order valence-corrected chi connectivity index (χ1v) is 10.5. The molecule has 2 heterocycles. The number of nitrogens with zero attached hydrogens (tertiary/aromatic N) is 3. The van der Waals surface area contributed by atoms with Crippen LogP contribution in [-0.2, 0) is 16.1 Å². The standard InChI is InChI=1S/C24H22N6O5/c1-15(31)25-18-4-3-5-19(12-18)26-22(32)14-30-24(34)29-13-16(6-11-21(29)28-30)23(33)27-17-7-9-20(35-2)10-8-17/h3-13H,14H2,1-2H3,(H,25,31)(H,26,32)(H,27,33). The smallest absolute Gasteiger partial charge is 0.350 e. The summed E-state index contributed by atoms with van der Waals surface area (Å²) < 4.78 is 7.31. The lowest BCUT2D eigenvalue weighted by atomic mass is 10.2. The van der Waals surface area contributed by atoms with Gasteiger partial charge in [-0.05, 0) is 54.6 Å². The zero-order chi connectivity index (χ0) is 24.9. The number of hydrogen-bond acceptors (Lipinski definition) is 6. The number of amides is 3. The topological polar surface area (TPSA) is 136 Å². The van der Waals surface area contributed by atoms with Gasteiger partial charge in [0.05, 0.1) is 12.7 Å². The molecule has 0 radical (unpaired) electrons. The van der Waals surface area contributed by atoms with Gasteiger partial charge in [-0.25, -0.2) is 13.9 Å². The summed E-state index contributed by atoms with van der Waals surface area (Å²) in [6.07, 6.45) is 1.37. The van der Waals surface area contributed by atoms with Gasteiger partial charge in [0.2, 0.25) is 11.8 Å². The molecule has 0 spiro atoms. The van der Waals surface area contributed by atoms with Gasteiger partial charge in [0.15, 0.2) is 5.65 Å². The van der Waals surface area contributed by atoms with Gasteiger partial charge in [-0.15, -0.1) is 5.10 Å². The molecular weight excluding hydrogens is 452 g/mol. The maximum absolute atomic E-state index is 12.8. The van der Waals surface area contributed by atoms with Crippen molar-refractivity contribution in [2.75, 3.05) is 23.1 Å². The highest BCUT2D eigenvalue weighted by Gasteiger charge is 2.14. The summed E-state index contributed by atoms with van der Waals surface area (Å²) in [5.41, 5.74) is 1.52. The Labute approximate surface area is 199 Å². The Morgan fingerprint density at radius 1 is 0.914 bits per heavy atom. The largest absolute Gasteiger partial charge is 0.497 e. The molecule has 3 amide bonds. The molecule has 11 heteroatoms. The Balaban J connectivity index is 1.47. The number of nitrogens with one attached hydrogen (secondary N) is 3. The van der Waals surface area contributed by atoms with Crippen molar-refractivity contribution in [2.45, 2.75) is 13.5 Å². The number of ether oxygens (including phenoxy) is 1. The first kappa shape index (κ1) is 23.2. The third-order valence-corrected chi connectivity index (χ3v) is 4.95. The molecule has 0 fully saturated rings. The third kappa shape index (κ3) is 5.53. The van der Waals surface area contributed by atoms with Crippen molar-refractivity contribution in [3.8, 4) is 5.75 Å². The third-order valence-electron chi connectivity index (χ3n) is 4.95. The fourth-order valence-corrected chi connectivity index (χ4v) is 3.35. The van der Waals surface area contributed by atoms with Crippen molar-refractivity contribution < 1.29 is 19.1 Å². The van der Waals surface area contributed by atoms with E-state index >= 15 is 0 Å². The fourth-order valence-electron chi connectivity index (χ4n) is 3.35. The highest BCUT2D eigenvalue weighted by atomic mass is 16.5. The van der Waals surface area contributed by atoms with E-state index in [1.165, 1.54) is 23.6 Å². The maximum Gasteiger partial charge on any atom is 0.350 e. The van der Waals surface area contributed by atoms with Gasteiger partial charge in [-0.3, -0.25) is 14.4 Å². The molecule has 3 N–H and O–H groups in total. The lowest BCUT2D eigenvalue weighted by molar-refractivity contribution is -0.117. The van der Waals surface area contributed by atoms with Crippen LogP contribution in [0.3, 0.4) is 0 Å². The second-order valence-electron chi connectivity index (χ2n) is 7.58. The minimum absolute atomic E-state index is 0.234. The van der Waals surface area contributed by atoms with Crippen LogP contribution in [0, 0.1) is 0 Å². The predicted octanol–water partition coefficient (Wildman–Crippen LogP) is 2.35. The SMILES string of the molecule is COc1ccc(NC(=O)c2ccc3nn(CC(=O)Nc4cccc(NC(C)=O)c4)c(=O)n3c2)cc1. The molecular formula is C24H22N6O5. The van der Waals surface area contributed by atoms with Crippen molar-refractivity contribution in [3.05, 3.63) is 82.9 Å². The van der Waals surface area contributed by atoms with Gasteiger partial charge in [0, 0.05) is 30.2 Å². The molecule has 11 nitrogen and oxygen atoms in total. The Kier molecular flexibility index (Phi) is 6.58. The van der Waals surface area contributed by atoms with Gasteiger partial charge >= 0.3 is 5.69 Å². The van der Waals surface area contributed by atoms with Crippen LogP contribution in [0.15, 0.2) is 71.7 Å². The quantitative estimate of drug-likeness (QED) is 0.376. The zero-order valence-corrected chi connectivity index (χ0v) is 18.9. The minimum Gasteiger partial charge on any atom is -0.497 e. The second kappa shape index (κ2) is 9.91. The summed E-state index contributed by atoms with van der Waals surface area (Å²) in [6.45, 7) is 1.05. The van der Waals surface area contributed by atoms with E-state index in [1.807, 2.05) is 0 Å².